The van der Waals surface area contributed by atoms with Gasteiger partial charge >= 0.3 is 0 Å². The Hall–Kier alpha value is -2.04. The summed E-state index contributed by atoms with van der Waals surface area (Å²) in [6.07, 6.45) is 4.07. The van der Waals surface area contributed by atoms with Crippen molar-refractivity contribution in [3.63, 3.8) is 0 Å². The number of carbonyl (C=O) groups is 4. The molecule has 138 valence electrons. The van der Waals surface area contributed by atoms with Crippen LogP contribution in [0.3, 0.4) is 0 Å². The van der Waals surface area contributed by atoms with Crippen LogP contribution >= 0.6 is 0 Å². The average molecular weight is 351 g/mol. The number of hydrogen-bond donors (Lipinski definition) is 1. The van der Waals surface area contributed by atoms with Crippen molar-refractivity contribution in [1.29, 1.82) is 0 Å². The van der Waals surface area contributed by atoms with E-state index >= 15 is 0 Å². The van der Waals surface area contributed by atoms with Crippen LogP contribution in [-0.2, 0) is 28.7 Å². The highest BCUT2D eigenvalue weighted by atomic mass is 16.7. The summed E-state index contributed by atoms with van der Waals surface area (Å²) >= 11 is 0. The number of terminal acetylenes is 1. The first-order valence-corrected chi connectivity index (χ1v) is 8.17. The monoisotopic (exact) mass is 351 g/mol. The molecule has 7 nitrogen and oxygen atoms in total. The number of rotatable bonds is 8. The lowest BCUT2D eigenvalue weighted by Crippen LogP contribution is -2.62. The lowest BCUT2D eigenvalue weighted by Gasteiger charge is -2.45. The molecular formula is C18H25NO6. The standard InChI is InChI=1S/C18H25NO6/c1-6-9-24-18-17(19-13(5)23)16(12(4)22)15(11(3)21)14(25-18)8-7-10(2)20/h1,14-18H,7-9H2,2-5H3,(H,19,23)/t14-,15+,16-,17-,18+/m0/s1. The predicted octanol–water partition coefficient (Wildman–Crippen LogP) is 0.645. The van der Waals surface area contributed by atoms with Gasteiger partial charge in [-0.2, -0.15) is 0 Å². The summed E-state index contributed by atoms with van der Waals surface area (Å²) in [5, 5.41) is 2.64. The molecule has 0 radical (unpaired) electrons. The number of carbonyl (C=O) groups excluding carboxylic acids is 4. The third-order valence-corrected chi connectivity index (χ3v) is 4.20. The summed E-state index contributed by atoms with van der Waals surface area (Å²) in [6, 6.07) is -0.828. The number of hydrogen-bond acceptors (Lipinski definition) is 6. The molecule has 1 N–H and O–H groups in total. The third kappa shape index (κ3) is 5.76. The van der Waals surface area contributed by atoms with Gasteiger partial charge in [0.25, 0.3) is 0 Å². The highest BCUT2D eigenvalue weighted by molar-refractivity contribution is 5.89. The van der Waals surface area contributed by atoms with E-state index in [4.69, 9.17) is 15.9 Å². The van der Waals surface area contributed by atoms with Gasteiger partial charge in [0.1, 0.15) is 24.0 Å². The van der Waals surface area contributed by atoms with E-state index in [-0.39, 0.29) is 42.7 Å². The third-order valence-electron chi connectivity index (χ3n) is 4.20. The molecule has 0 spiro atoms. The first kappa shape index (κ1) is 21.0. The van der Waals surface area contributed by atoms with Crippen molar-refractivity contribution < 1.29 is 28.7 Å². The van der Waals surface area contributed by atoms with Crippen LogP contribution in [0.4, 0.5) is 0 Å². The van der Waals surface area contributed by atoms with Crippen molar-refractivity contribution in [2.24, 2.45) is 11.8 Å². The van der Waals surface area contributed by atoms with E-state index in [1.54, 1.807) is 0 Å². The molecule has 5 atom stereocenters. The molecule has 0 unspecified atom stereocenters. The summed E-state index contributed by atoms with van der Waals surface area (Å²) in [7, 11) is 0. The van der Waals surface area contributed by atoms with E-state index in [1.165, 1.54) is 27.7 Å². The predicted molar refractivity (Wildman–Crippen MR) is 89.3 cm³/mol. The van der Waals surface area contributed by atoms with Gasteiger partial charge in [0.05, 0.1) is 24.0 Å². The molecule has 1 aliphatic heterocycles. The van der Waals surface area contributed by atoms with Crippen molar-refractivity contribution in [1.82, 2.24) is 5.32 Å². The van der Waals surface area contributed by atoms with E-state index < -0.39 is 30.3 Å². The molecule has 0 aromatic rings. The SMILES string of the molecule is C#CCO[C@@H]1O[C@@H](CCC(C)=O)[C@@H](C(C)=O)[C@H](C(C)=O)[C@@H]1NC(C)=O. The average Bonchev–Trinajstić information content (AvgIpc) is 2.50. The van der Waals surface area contributed by atoms with Crippen LogP contribution in [0.1, 0.15) is 40.5 Å². The first-order valence-electron chi connectivity index (χ1n) is 8.17. The molecule has 1 heterocycles. The Labute approximate surface area is 147 Å². The maximum absolute atomic E-state index is 12.3. The molecule has 1 rings (SSSR count). The second kappa shape index (κ2) is 9.44. The van der Waals surface area contributed by atoms with E-state index in [0.717, 1.165) is 0 Å². The number of ether oxygens (including phenoxy) is 2. The Bertz CT molecular complexity index is 579. The molecule has 1 aliphatic rings. The summed E-state index contributed by atoms with van der Waals surface area (Å²) in [5.74, 6) is -0.182. The summed E-state index contributed by atoms with van der Waals surface area (Å²) < 4.78 is 11.3. The fourth-order valence-corrected chi connectivity index (χ4v) is 3.24. The summed E-state index contributed by atoms with van der Waals surface area (Å²) in [5.41, 5.74) is 0. The minimum Gasteiger partial charge on any atom is -0.348 e. The number of ketones is 3. The molecular weight excluding hydrogens is 326 g/mol. The fraction of sp³-hybridized carbons (Fsp3) is 0.667. The Balaban J connectivity index is 3.23. The van der Waals surface area contributed by atoms with E-state index in [9.17, 15) is 19.2 Å². The van der Waals surface area contributed by atoms with Crippen LogP contribution in [-0.4, -0.2) is 48.3 Å². The van der Waals surface area contributed by atoms with E-state index in [1.807, 2.05) is 0 Å². The Morgan fingerprint density at radius 3 is 2.12 bits per heavy atom. The minimum absolute atomic E-state index is 0.0460. The first-order chi connectivity index (χ1) is 11.7. The zero-order valence-electron chi connectivity index (χ0n) is 15.0. The van der Waals surface area contributed by atoms with Gasteiger partial charge in [0, 0.05) is 13.3 Å². The van der Waals surface area contributed by atoms with E-state index in [2.05, 4.69) is 11.2 Å². The molecule has 0 aromatic heterocycles. The van der Waals surface area contributed by atoms with Gasteiger partial charge in [-0.3, -0.25) is 14.4 Å². The van der Waals surface area contributed by atoms with Crippen molar-refractivity contribution in [2.75, 3.05) is 6.61 Å². The van der Waals surface area contributed by atoms with Gasteiger partial charge in [0.2, 0.25) is 5.91 Å². The van der Waals surface area contributed by atoms with Crippen LogP contribution in [0.25, 0.3) is 0 Å². The van der Waals surface area contributed by atoms with Gasteiger partial charge < -0.3 is 19.6 Å². The number of Topliss-reactive ketones (excluding diaryl/α,β-unsaturated/α-hetero) is 3. The quantitative estimate of drug-likeness (QED) is 0.645. The zero-order valence-corrected chi connectivity index (χ0v) is 15.0. The molecule has 1 amide bonds. The maximum atomic E-state index is 12.3. The molecule has 25 heavy (non-hydrogen) atoms. The fourth-order valence-electron chi connectivity index (χ4n) is 3.24. The van der Waals surface area contributed by atoms with Crippen molar-refractivity contribution in [3.8, 4) is 12.3 Å². The Morgan fingerprint density at radius 1 is 1.08 bits per heavy atom. The number of nitrogens with one attached hydrogen (secondary N) is 1. The molecule has 1 fully saturated rings. The van der Waals surface area contributed by atoms with Gasteiger partial charge in [-0.25, -0.2) is 0 Å². The van der Waals surface area contributed by atoms with Crippen molar-refractivity contribution in [3.05, 3.63) is 0 Å². The number of amides is 1. The van der Waals surface area contributed by atoms with Gasteiger partial charge in [-0.05, 0) is 27.2 Å². The minimum atomic E-state index is -0.971. The highest BCUT2D eigenvalue weighted by Crippen LogP contribution is 2.35. The van der Waals surface area contributed by atoms with E-state index in [0.29, 0.717) is 0 Å². The van der Waals surface area contributed by atoms with Crippen LogP contribution in [0.2, 0.25) is 0 Å². The van der Waals surface area contributed by atoms with Crippen LogP contribution in [0, 0.1) is 24.2 Å². The normalized spacial score (nSPS) is 28.7. The maximum Gasteiger partial charge on any atom is 0.217 e. The molecule has 0 bridgehead atoms. The molecule has 0 aromatic carbocycles. The van der Waals surface area contributed by atoms with Crippen LogP contribution in [0.5, 0.6) is 0 Å². The van der Waals surface area contributed by atoms with Gasteiger partial charge in [-0.1, -0.05) is 5.92 Å². The van der Waals surface area contributed by atoms with Crippen LogP contribution in [0.15, 0.2) is 0 Å². The largest absolute Gasteiger partial charge is 0.348 e. The second-order valence-electron chi connectivity index (χ2n) is 6.30. The molecule has 7 heteroatoms. The van der Waals surface area contributed by atoms with Crippen molar-refractivity contribution >= 4 is 23.3 Å². The summed E-state index contributed by atoms with van der Waals surface area (Å²) in [4.78, 5) is 47.4. The Kier molecular flexibility index (Phi) is 7.94. The summed E-state index contributed by atoms with van der Waals surface area (Å²) in [6.45, 7) is 5.41. The van der Waals surface area contributed by atoms with Gasteiger partial charge in [-0.15, -0.1) is 6.42 Å². The zero-order chi connectivity index (χ0) is 19.1. The van der Waals surface area contributed by atoms with Crippen molar-refractivity contribution in [2.45, 2.75) is 59.0 Å². The topological polar surface area (TPSA) is 98.8 Å². The van der Waals surface area contributed by atoms with Gasteiger partial charge in [0.15, 0.2) is 6.29 Å². The molecule has 1 saturated heterocycles. The lowest BCUT2D eigenvalue weighted by molar-refractivity contribution is -0.232. The van der Waals surface area contributed by atoms with Crippen LogP contribution < -0.4 is 5.32 Å². The lowest BCUT2D eigenvalue weighted by atomic mass is 9.74. The Morgan fingerprint density at radius 2 is 1.68 bits per heavy atom. The second-order valence-corrected chi connectivity index (χ2v) is 6.30. The smallest absolute Gasteiger partial charge is 0.217 e. The molecule has 0 saturated carbocycles. The highest BCUT2D eigenvalue weighted by Gasteiger charge is 2.50. The molecule has 0 aliphatic carbocycles.